The van der Waals surface area contributed by atoms with Gasteiger partial charge in [-0.25, -0.2) is 4.98 Å². The van der Waals surface area contributed by atoms with Crippen LogP contribution >= 0.6 is 11.6 Å². The van der Waals surface area contributed by atoms with Crippen LogP contribution < -0.4 is 10.1 Å². The minimum absolute atomic E-state index is 0.451. The fourth-order valence-corrected chi connectivity index (χ4v) is 2.33. The summed E-state index contributed by atoms with van der Waals surface area (Å²) in [4.78, 5) is 8.40. The first kappa shape index (κ1) is 15.5. The molecule has 7 nitrogen and oxygen atoms in total. The summed E-state index contributed by atoms with van der Waals surface area (Å²) < 4.78 is 12.1. The number of methoxy groups -OCH3 is 1. The monoisotopic (exact) mass is 333 g/mol. The zero-order valence-electron chi connectivity index (χ0n) is 12.8. The van der Waals surface area contributed by atoms with E-state index in [9.17, 15) is 0 Å². The van der Waals surface area contributed by atoms with Crippen molar-refractivity contribution < 1.29 is 9.47 Å². The van der Waals surface area contributed by atoms with E-state index in [1.54, 1.807) is 17.7 Å². The van der Waals surface area contributed by atoms with Gasteiger partial charge in [-0.05, 0) is 25.1 Å². The van der Waals surface area contributed by atoms with Crippen molar-refractivity contribution in [3.8, 4) is 5.75 Å². The summed E-state index contributed by atoms with van der Waals surface area (Å²) in [6, 6.07) is 7.38. The van der Waals surface area contributed by atoms with Crippen LogP contribution in [-0.4, -0.2) is 39.9 Å². The Bertz CT molecular complexity index is 821. The Balaban J connectivity index is 1.82. The SMILES string of the molecule is COCCOc1ccc(Nc2cc(C)nc3ncnn23)cc1Cl. The van der Waals surface area contributed by atoms with Crippen LogP contribution in [0.25, 0.3) is 5.78 Å². The minimum Gasteiger partial charge on any atom is -0.490 e. The van der Waals surface area contributed by atoms with Crippen LogP contribution in [0.1, 0.15) is 5.69 Å². The zero-order chi connectivity index (χ0) is 16.2. The number of nitrogens with zero attached hydrogens (tertiary/aromatic N) is 4. The fraction of sp³-hybridized carbons (Fsp3) is 0.267. The summed E-state index contributed by atoms with van der Waals surface area (Å²) in [7, 11) is 1.62. The molecule has 2 heterocycles. The second kappa shape index (κ2) is 6.80. The van der Waals surface area contributed by atoms with Gasteiger partial charge in [0.05, 0.1) is 11.6 Å². The lowest BCUT2D eigenvalue weighted by Gasteiger charge is -2.11. The zero-order valence-corrected chi connectivity index (χ0v) is 13.5. The molecule has 0 atom stereocenters. The Kier molecular flexibility index (Phi) is 4.59. The van der Waals surface area contributed by atoms with E-state index in [-0.39, 0.29) is 0 Å². The molecule has 120 valence electrons. The molecule has 0 saturated heterocycles. The van der Waals surface area contributed by atoms with Crippen LogP contribution in [0, 0.1) is 6.92 Å². The van der Waals surface area contributed by atoms with Gasteiger partial charge in [0.25, 0.3) is 5.78 Å². The third kappa shape index (κ3) is 3.52. The Labute approximate surface area is 138 Å². The molecule has 0 saturated carbocycles. The van der Waals surface area contributed by atoms with Crippen molar-refractivity contribution in [1.82, 2.24) is 19.6 Å². The fourth-order valence-electron chi connectivity index (χ4n) is 2.10. The van der Waals surface area contributed by atoms with Gasteiger partial charge in [0, 0.05) is 24.6 Å². The molecule has 2 aromatic heterocycles. The van der Waals surface area contributed by atoms with Crippen molar-refractivity contribution in [2.45, 2.75) is 6.92 Å². The summed E-state index contributed by atoms with van der Waals surface area (Å²) >= 11 is 6.25. The molecular formula is C15H16ClN5O2. The van der Waals surface area contributed by atoms with Crippen molar-refractivity contribution in [2.24, 2.45) is 0 Å². The largest absolute Gasteiger partial charge is 0.490 e. The first-order chi connectivity index (χ1) is 11.2. The van der Waals surface area contributed by atoms with Gasteiger partial charge in [-0.1, -0.05) is 11.6 Å². The lowest BCUT2D eigenvalue weighted by atomic mass is 10.3. The van der Waals surface area contributed by atoms with Gasteiger partial charge in [0.1, 0.15) is 24.5 Å². The molecule has 0 aliphatic rings. The first-order valence-corrected chi connectivity index (χ1v) is 7.41. The molecule has 8 heteroatoms. The highest BCUT2D eigenvalue weighted by Gasteiger charge is 2.08. The highest BCUT2D eigenvalue weighted by atomic mass is 35.5. The number of fused-ring (bicyclic) bond motifs is 1. The first-order valence-electron chi connectivity index (χ1n) is 7.03. The molecule has 0 unspecified atom stereocenters. The van der Waals surface area contributed by atoms with Crippen molar-refractivity contribution >= 4 is 28.9 Å². The average molecular weight is 334 g/mol. The van der Waals surface area contributed by atoms with Crippen molar-refractivity contribution in [3.63, 3.8) is 0 Å². The number of ether oxygens (including phenoxy) is 2. The summed E-state index contributed by atoms with van der Waals surface area (Å²) in [5.41, 5.74) is 1.66. The number of aryl methyl sites for hydroxylation is 1. The van der Waals surface area contributed by atoms with Crippen molar-refractivity contribution in [3.05, 3.63) is 41.3 Å². The van der Waals surface area contributed by atoms with E-state index in [4.69, 9.17) is 21.1 Å². The van der Waals surface area contributed by atoms with E-state index in [0.29, 0.717) is 29.8 Å². The molecule has 0 aliphatic heterocycles. The number of anilines is 2. The van der Waals surface area contributed by atoms with Gasteiger partial charge in [-0.3, -0.25) is 0 Å². The number of rotatable bonds is 6. The topological polar surface area (TPSA) is 73.6 Å². The summed E-state index contributed by atoms with van der Waals surface area (Å²) in [5, 5.41) is 7.94. The van der Waals surface area contributed by atoms with Crippen LogP contribution in [0.15, 0.2) is 30.6 Å². The highest BCUT2D eigenvalue weighted by Crippen LogP contribution is 2.29. The van der Waals surface area contributed by atoms with E-state index in [1.165, 1.54) is 6.33 Å². The summed E-state index contributed by atoms with van der Waals surface area (Å²) in [6.45, 7) is 2.86. The number of hydrogen-bond donors (Lipinski definition) is 1. The molecule has 23 heavy (non-hydrogen) atoms. The summed E-state index contributed by atoms with van der Waals surface area (Å²) in [5.74, 6) is 1.92. The van der Waals surface area contributed by atoms with Crippen LogP contribution in [0.5, 0.6) is 5.75 Å². The van der Waals surface area contributed by atoms with Gasteiger partial charge in [0.2, 0.25) is 0 Å². The molecule has 1 N–H and O–H groups in total. The molecule has 0 radical (unpaired) electrons. The Morgan fingerprint density at radius 3 is 2.91 bits per heavy atom. The Morgan fingerprint density at radius 1 is 1.26 bits per heavy atom. The average Bonchev–Trinajstić information content (AvgIpc) is 2.98. The molecule has 3 aromatic rings. The second-order valence-electron chi connectivity index (χ2n) is 4.87. The van der Waals surface area contributed by atoms with Gasteiger partial charge in [-0.15, -0.1) is 0 Å². The van der Waals surface area contributed by atoms with Gasteiger partial charge < -0.3 is 14.8 Å². The van der Waals surface area contributed by atoms with E-state index in [0.717, 1.165) is 17.2 Å². The molecule has 0 amide bonds. The number of benzene rings is 1. The molecule has 3 rings (SSSR count). The maximum atomic E-state index is 6.25. The quantitative estimate of drug-likeness (QED) is 0.699. The van der Waals surface area contributed by atoms with Crippen LogP contribution in [-0.2, 0) is 4.74 Å². The maximum absolute atomic E-state index is 6.25. The highest BCUT2D eigenvalue weighted by molar-refractivity contribution is 6.32. The van der Waals surface area contributed by atoms with Crippen LogP contribution in [0.3, 0.4) is 0 Å². The van der Waals surface area contributed by atoms with E-state index >= 15 is 0 Å². The molecule has 0 bridgehead atoms. The van der Waals surface area contributed by atoms with E-state index in [2.05, 4.69) is 20.4 Å². The predicted molar refractivity (Wildman–Crippen MR) is 87.6 cm³/mol. The second-order valence-corrected chi connectivity index (χ2v) is 5.27. The standard InChI is InChI=1S/C15H16ClN5O2/c1-10-7-14(21-15(19-10)17-9-18-21)20-11-3-4-13(12(16)8-11)23-6-5-22-2/h3-4,7-9,20H,5-6H2,1-2H3. The van der Waals surface area contributed by atoms with Crippen molar-refractivity contribution in [1.29, 1.82) is 0 Å². The summed E-state index contributed by atoms with van der Waals surface area (Å²) in [6.07, 6.45) is 1.46. The number of hydrogen-bond acceptors (Lipinski definition) is 6. The van der Waals surface area contributed by atoms with Gasteiger partial charge >= 0.3 is 0 Å². The van der Waals surface area contributed by atoms with E-state index in [1.807, 2.05) is 25.1 Å². The Morgan fingerprint density at radius 2 is 2.13 bits per heavy atom. The lowest BCUT2D eigenvalue weighted by molar-refractivity contribution is 0.146. The van der Waals surface area contributed by atoms with Crippen molar-refractivity contribution in [2.75, 3.05) is 25.6 Å². The molecule has 0 spiro atoms. The third-order valence-corrected chi connectivity index (χ3v) is 3.42. The third-order valence-electron chi connectivity index (χ3n) is 3.13. The normalized spacial score (nSPS) is 10.9. The Hall–Kier alpha value is -2.38. The number of nitrogens with one attached hydrogen (secondary N) is 1. The van der Waals surface area contributed by atoms with Crippen LogP contribution in [0.2, 0.25) is 5.02 Å². The number of aromatic nitrogens is 4. The minimum atomic E-state index is 0.451. The maximum Gasteiger partial charge on any atom is 0.254 e. The van der Waals surface area contributed by atoms with Gasteiger partial charge in [-0.2, -0.15) is 14.6 Å². The smallest absolute Gasteiger partial charge is 0.254 e. The molecule has 0 fully saturated rings. The predicted octanol–water partition coefficient (Wildman–Crippen LogP) is 2.85. The van der Waals surface area contributed by atoms with E-state index < -0.39 is 0 Å². The molecule has 0 aliphatic carbocycles. The number of halogens is 1. The van der Waals surface area contributed by atoms with Crippen LogP contribution in [0.4, 0.5) is 11.5 Å². The van der Waals surface area contributed by atoms with Gasteiger partial charge in [0.15, 0.2) is 0 Å². The molecular weight excluding hydrogens is 318 g/mol. The lowest BCUT2D eigenvalue weighted by Crippen LogP contribution is -2.05. The molecule has 1 aromatic carbocycles.